The molecule has 0 bridgehead atoms. The number of aliphatic carboxylic acids is 2. The van der Waals surface area contributed by atoms with Gasteiger partial charge in [-0.15, -0.1) is 0 Å². The fourth-order valence-electron chi connectivity index (χ4n) is 3.72. The summed E-state index contributed by atoms with van der Waals surface area (Å²) in [7, 11) is 0. The van der Waals surface area contributed by atoms with E-state index in [1.54, 1.807) is 0 Å². The highest BCUT2D eigenvalue weighted by Gasteiger charge is 2.17. The summed E-state index contributed by atoms with van der Waals surface area (Å²) in [5.74, 6) is -0.627. The van der Waals surface area contributed by atoms with E-state index in [0.717, 1.165) is 41.3 Å². The van der Waals surface area contributed by atoms with Gasteiger partial charge in [0.15, 0.2) is 0 Å². The van der Waals surface area contributed by atoms with Crippen molar-refractivity contribution in [3.05, 3.63) is 72.1 Å². The molecule has 4 rings (SSSR count). The van der Waals surface area contributed by atoms with E-state index in [1.165, 1.54) is 16.3 Å². The van der Waals surface area contributed by atoms with Crippen LogP contribution in [-0.2, 0) is 16.1 Å². The van der Waals surface area contributed by atoms with Gasteiger partial charge >= 0.3 is 11.9 Å². The second kappa shape index (κ2) is 12.8. The molecular formula is C26H29N3O5S. The van der Waals surface area contributed by atoms with Crippen molar-refractivity contribution in [2.45, 2.75) is 25.9 Å². The van der Waals surface area contributed by atoms with Crippen LogP contribution >= 0.6 is 11.8 Å². The monoisotopic (exact) mass is 495 g/mol. The van der Waals surface area contributed by atoms with Crippen LogP contribution in [-0.4, -0.2) is 50.7 Å². The van der Waals surface area contributed by atoms with Gasteiger partial charge in [0.25, 0.3) is 0 Å². The minimum atomic E-state index is -1.82. The molecule has 35 heavy (non-hydrogen) atoms. The van der Waals surface area contributed by atoms with Crippen LogP contribution in [0.25, 0.3) is 21.8 Å². The first-order chi connectivity index (χ1) is 16.9. The lowest BCUT2D eigenvalue weighted by atomic mass is 10.0. The zero-order valence-electron chi connectivity index (χ0n) is 19.7. The van der Waals surface area contributed by atoms with E-state index in [4.69, 9.17) is 29.5 Å². The molecule has 9 heteroatoms. The third kappa shape index (κ3) is 6.97. The molecule has 0 saturated carbocycles. The van der Waals surface area contributed by atoms with Crippen molar-refractivity contribution in [2.75, 3.05) is 18.6 Å². The summed E-state index contributed by atoms with van der Waals surface area (Å²) in [5, 5.41) is 21.0. The summed E-state index contributed by atoms with van der Waals surface area (Å²) in [4.78, 5) is 26.5. The Labute approximate surface area is 207 Å². The topological polar surface area (TPSA) is 125 Å². The van der Waals surface area contributed by atoms with Crippen LogP contribution in [0, 0.1) is 0 Å². The fourth-order valence-corrected chi connectivity index (χ4v) is 4.19. The number of hydrogen-bond acceptors (Lipinski definition) is 6. The Morgan fingerprint density at radius 1 is 1.06 bits per heavy atom. The number of fused-ring (bicyclic) bond motifs is 2. The lowest BCUT2D eigenvalue weighted by Gasteiger charge is -2.19. The molecular weight excluding hydrogens is 466 g/mol. The molecule has 1 atom stereocenters. The molecule has 0 saturated heterocycles. The minimum absolute atomic E-state index is 0.156. The molecule has 0 spiro atoms. The number of benzene rings is 3. The molecule has 8 nitrogen and oxygen atoms in total. The predicted molar refractivity (Wildman–Crippen MR) is 139 cm³/mol. The summed E-state index contributed by atoms with van der Waals surface area (Å²) in [5.41, 5.74) is 3.30. The number of carbonyl (C=O) groups is 2. The number of nitrogens with one attached hydrogen (secondary N) is 2. The van der Waals surface area contributed by atoms with Crippen molar-refractivity contribution in [2.24, 2.45) is 0 Å². The third-order valence-corrected chi connectivity index (χ3v) is 6.00. The number of rotatable bonds is 9. The van der Waals surface area contributed by atoms with Crippen LogP contribution < -0.4 is 10.1 Å². The van der Waals surface area contributed by atoms with E-state index in [-0.39, 0.29) is 6.04 Å². The molecule has 4 N–H and O–H groups in total. The highest BCUT2D eigenvalue weighted by molar-refractivity contribution is 7.98. The first kappa shape index (κ1) is 26.1. The summed E-state index contributed by atoms with van der Waals surface area (Å²) in [6.07, 6.45) is 3.16. The average molecular weight is 496 g/mol. The van der Waals surface area contributed by atoms with E-state index in [9.17, 15) is 0 Å². The Balaban J connectivity index is 0.000000509. The molecule has 0 amide bonds. The van der Waals surface area contributed by atoms with Crippen LogP contribution in [0.4, 0.5) is 0 Å². The normalized spacial score (nSPS) is 11.6. The highest BCUT2D eigenvalue weighted by atomic mass is 32.2. The largest absolute Gasteiger partial charge is 0.494 e. The van der Waals surface area contributed by atoms with Crippen LogP contribution in [0.1, 0.15) is 30.8 Å². The molecule has 0 aliphatic rings. The maximum atomic E-state index is 9.10. The van der Waals surface area contributed by atoms with Gasteiger partial charge in [0.2, 0.25) is 0 Å². The van der Waals surface area contributed by atoms with Gasteiger partial charge in [0.1, 0.15) is 11.6 Å². The Morgan fingerprint density at radius 2 is 1.77 bits per heavy atom. The second-order valence-corrected chi connectivity index (χ2v) is 8.65. The Morgan fingerprint density at radius 3 is 2.46 bits per heavy atom. The number of carboxylic acids is 2. The summed E-state index contributed by atoms with van der Waals surface area (Å²) >= 11 is 1.86. The molecule has 1 heterocycles. The fraction of sp³-hybridized carbons (Fsp3) is 0.269. The number of hydrogen-bond donors (Lipinski definition) is 4. The molecule has 0 radical (unpaired) electrons. The van der Waals surface area contributed by atoms with Crippen LogP contribution in [0.3, 0.4) is 0 Å². The smallest absolute Gasteiger partial charge is 0.414 e. The van der Waals surface area contributed by atoms with Crippen molar-refractivity contribution in [1.29, 1.82) is 0 Å². The number of thioether (sulfide) groups is 1. The molecule has 0 aliphatic carbocycles. The van der Waals surface area contributed by atoms with Crippen LogP contribution in [0.2, 0.25) is 0 Å². The van der Waals surface area contributed by atoms with E-state index in [0.29, 0.717) is 6.61 Å². The average Bonchev–Trinajstić information content (AvgIpc) is 3.29. The Bertz CT molecular complexity index is 1250. The molecule has 3 aromatic carbocycles. The molecule has 0 fully saturated rings. The minimum Gasteiger partial charge on any atom is -0.494 e. The van der Waals surface area contributed by atoms with Crippen molar-refractivity contribution >= 4 is 45.5 Å². The predicted octanol–water partition coefficient (Wildman–Crippen LogP) is 4.85. The highest BCUT2D eigenvalue weighted by Crippen LogP contribution is 2.29. The van der Waals surface area contributed by atoms with Gasteiger partial charge in [-0.3, -0.25) is 0 Å². The summed E-state index contributed by atoms with van der Waals surface area (Å²) < 4.78 is 5.94. The maximum absolute atomic E-state index is 9.10. The van der Waals surface area contributed by atoms with Crippen molar-refractivity contribution < 1.29 is 24.5 Å². The number of para-hydroxylation sites is 2. The maximum Gasteiger partial charge on any atom is 0.414 e. The van der Waals surface area contributed by atoms with Crippen LogP contribution in [0.15, 0.2) is 60.7 Å². The zero-order chi connectivity index (χ0) is 25.2. The van der Waals surface area contributed by atoms with E-state index < -0.39 is 11.9 Å². The SMILES string of the molecule is CCOc1ccc2ccccc2c1CNC(CCSC)c1nc2ccccc2[nH]1.O=C(O)C(=O)O. The second-order valence-electron chi connectivity index (χ2n) is 7.66. The van der Waals surface area contributed by atoms with Gasteiger partial charge in [0, 0.05) is 12.1 Å². The van der Waals surface area contributed by atoms with Crippen molar-refractivity contribution in [1.82, 2.24) is 15.3 Å². The molecule has 1 aromatic heterocycles. The van der Waals surface area contributed by atoms with Gasteiger partial charge < -0.3 is 25.3 Å². The molecule has 4 aromatic rings. The molecule has 0 aliphatic heterocycles. The zero-order valence-corrected chi connectivity index (χ0v) is 20.5. The van der Waals surface area contributed by atoms with Gasteiger partial charge in [-0.2, -0.15) is 11.8 Å². The number of carboxylic acid groups (broad SMARTS) is 2. The number of ether oxygens (including phenoxy) is 1. The van der Waals surface area contributed by atoms with Crippen LogP contribution in [0.5, 0.6) is 5.75 Å². The van der Waals surface area contributed by atoms with Crippen molar-refractivity contribution in [3.63, 3.8) is 0 Å². The third-order valence-electron chi connectivity index (χ3n) is 5.35. The summed E-state index contributed by atoms with van der Waals surface area (Å²) in [6, 6.07) is 21.1. The number of aromatic nitrogens is 2. The van der Waals surface area contributed by atoms with E-state index in [2.05, 4.69) is 65.1 Å². The van der Waals surface area contributed by atoms with Gasteiger partial charge in [-0.05, 0) is 54.3 Å². The standard InChI is InChI=1S/C24H27N3OS.C2H2O4/c1-3-28-23-13-12-17-8-4-5-9-18(17)19(23)16-25-22(14-15-29-2)24-26-20-10-6-7-11-21(20)27-24;3-1(4)2(5)6/h4-13,22,25H,3,14-16H2,1-2H3,(H,26,27);(H,3,4)(H,5,6). The number of imidazole rings is 1. The lowest BCUT2D eigenvalue weighted by Crippen LogP contribution is -2.23. The quantitative estimate of drug-likeness (QED) is 0.243. The van der Waals surface area contributed by atoms with Gasteiger partial charge in [-0.1, -0.05) is 42.5 Å². The van der Waals surface area contributed by atoms with Gasteiger partial charge in [0.05, 0.1) is 23.7 Å². The number of nitrogens with zero attached hydrogens (tertiary/aromatic N) is 1. The Kier molecular flexibility index (Phi) is 9.51. The lowest BCUT2D eigenvalue weighted by molar-refractivity contribution is -0.159. The van der Waals surface area contributed by atoms with Gasteiger partial charge in [-0.25, -0.2) is 14.6 Å². The van der Waals surface area contributed by atoms with E-state index in [1.807, 2.05) is 30.8 Å². The first-order valence-corrected chi connectivity index (χ1v) is 12.6. The number of aromatic amines is 1. The number of H-pyrrole nitrogens is 1. The summed E-state index contributed by atoms with van der Waals surface area (Å²) in [6.45, 7) is 3.42. The Hall–Kier alpha value is -3.56. The first-order valence-electron chi connectivity index (χ1n) is 11.2. The van der Waals surface area contributed by atoms with Crippen molar-refractivity contribution in [3.8, 4) is 5.75 Å². The van der Waals surface area contributed by atoms with E-state index >= 15 is 0 Å². The molecule has 184 valence electrons. The molecule has 1 unspecified atom stereocenters.